The van der Waals surface area contributed by atoms with E-state index < -0.39 is 30.7 Å². The molecule has 8 fully saturated rings. The van der Waals surface area contributed by atoms with Gasteiger partial charge in [-0.15, -0.1) is 6.58 Å². The van der Waals surface area contributed by atoms with E-state index in [1.54, 1.807) is 7.11 Å². The smallest absolute Gasteiger partial charge is 0.192 e. The van der Waals surface area contributed by atoms with Gasteiger partial charge in [-0.3, -0.25) is 0 Å². The molecule has 0 aromatic carbocycles. The molecule has 12 nitrogen and oxygen atoms in total. The maximum atomic E-state index is 10.4. The zero-order valence-corrected chi connectivity index (χ0v) is 50.0. The molecule has 18 atom stereocenters. The second-order valence-electron chi connectivity index (χ2n) is 23.2. The number of ether oxygens (including phenoxy) is 8. The molecule has 8 aliphatic heterocycles. The van der Waals surface area contributed by atoms with Gasteiger partial charge in [0.1, 0.15) is 30.5 Å². The Hall–Kier alpha value is -0.609. The van der Waals surface area contributed by atoms with E-state index in [-0.39, 0.29) is 104 Å². The summed E-state index contributed by atoms with van der Waals surface area (Å²) >= 11 is 0. The number of aliphatic hydroxyl groups excluding tert-OH is 1. The Balaban J connectivity index is 0.961. The molecular weight excluding hydrogens is 961 g/mol. The van der Waals surface area contributed by atoms with E-state index in [0.29, 0.717) is 44.6 Å². The number of methoxy groups -OCH3 is 1. The molecule has 72 heavy (non-hydrogen) atoms. The van der Waals surface area contributed by atoms with Crippen molar-refractivity contribution in [1.29, 1.82) is 0 Å². The molecule has 0 aliphatic carbocycles. The third-order valence-corrected chi connectivity index (χ3v) is 33.7. The molecule has 0 saturated carbocycles. The summed E-state index contributed by atoms with van der Waals surface area (Å²) in [5.74, 6) is -0.430. The molecule has 0 aromatic heterocycles. The van der Waals surface area contributed by atoms with Crippen molar-refractivity contribution in [3.8, 4) is 0 Å². The van der Waals surface area contributed by atoms with E-state index in [9.17, 15) is 5.11 Å². The second kappa shape index (κ2) is 25.9. The minimum atomic E-state index is -2.00. The lowest BCUT2D eigenvalue weighted by Crippen LogP contribution is -2.62. The van der Waals surface area contributed by atoms with Crippen LogP contribution in [0.15, 0.2) is 37.0 Å². The van der Waals surface area contributed by atoms with Gasteiger partial charge in [-0.25, -0.2) is 0 Å². The van der Waals surface area contributed by atoms with Gasteiger partial charge in [0, 0.05) is 45.3 Å². The SMILES string of the molecule is C=CC[C@@H]1O[C@@H]2[C@H]3O[C@@H]4CC(CC[C@H]5CC(=C)[C@H](CC[C@H]6C[C@@H](C)C(=C)[C@@H](C[C@@H]7O[C@H](C[C@@H](CO[Si](CC)(CC)CC)O[Si](CC)(CC)CC)[C@H](OC)[C@H]7CCO)O6)O5)(O[C@H]3[C@H]1O[Si](CC)(CC)CC)O[C@H]24. The van der Waals surface area contributed by atoms with E-state index in [0.717, 1.165) is 104 Å². The van der Waals surface area contributed by atoms with Crippen molar-refractivity contribution in [2.24, 2.45) is 11.8 Å². The van der Waals surface area contributed by atoms with Gasteiger partial charge in [-0.1, -0.05) is 88.5 Å². The Morgan fingerprint density at radius 1 is 0.694 bits per heavy atom. The lowest BCUT2D eigenvalue weighted by atomic mass is 9.82. The fourth-order valence-electron chi connectivity index (χ4n) is 14.3. The molecule has 15 heteroatoms. The first-order chi connectivity index (χ1) is 34.6. The van der Waals surface area contributed by atoms with E-state index in [1.165, 1.54) is 0 Å². The molecule has 8 rings (SSSR count). The zero-order valence-electron chi connectivity index (χ0n) is 47.0. The molecule has 8 saturated heterocycles. The first kappa shape index (κ1) is 59.1. The topological polar surface area (TPSA) is 122 Å². The predicted octanol–water partition coefficient (Wildman–Crippen LogP) is 12.0. The minimum Gasteiger partial charge on any atom is -0.414 e. The quantitative estimate of drug-likeness (QED) is 0.0525. The summed E-state index contributed by atoms with van der Waals surface area (Å²) in [6.45, 7) is 36.8. The largest absolute Gasteiger partial charge is 0.414 e. The molecule has 8 heterocycles. The first-order valence-electron chi connectivity index (χ1n) is 29.4. The summed E-state index contributed by atoms with van der Waals surface area (Å²) in [5.41, 5.74) is 2.28. The molecule has 6 bridgehead atoms. The Labute approximate surface area is 440 Å². The summed E-state index contributed by atoms with van der Waals surface area (Å²) < 4.78 is 76.5. The van der Waals surface area contributed by atoms with E-state index in [4.69, 9.17) is 51.2 Å². The van der Waals surface area contributed by atoms with Gasteiger partial charge in [0.25, 0.3) is 0 Å². The van der Waals surface area contributed by atoms with Gasteiger partial charge in [0.15, 0.2) is 30.7 Å². The number of hydrogen-bond donors (Lipinski definition) is 1. The fraction of sp³-hybridized carbons (Fsp3) is 0.895. The van der Waals surface area contributed by atoms with Crippen molar-refractivity contribution in [3.63, 3.8) is 0 Å². The Kier molecular flexibility index (Phi) is 21.2. The molecule has 0 spiro atoms. The van der Waals surface area contributed by atoms with Gasteiger partial charge in [0.2, 0.25) is 0 Å². The zero-order chi connectivity index (χ0) is 52.0. The molecular formula is C57H102O12Si3. The standard InChI is InChI=1S/C57H102O12Si3/c1-15-25-46-53(69-72(22-8,23-9)24-10)56-55-54(64-46)52-50(65-55)36-57(66-52,67-56)30-28-42-33-39(12)45(61-42)27-26-41-32-38(11)40(13)47(62-41)35-48-44(29-31-58)51(59-14)49(63-48)34-43(68-71(19-5,20-6)21-7)37-60-70(16-2,17-3)18-4/h15,38,41-56,58H,1,12-13,16-37H2,2-11,14H3/t38-,41+,42+,43+,44+,45+,46+,47-,48+,49-,50-,51-,52+,53+,54+,55-,56+,57?/m1/s1. The van der Waals surface area contributed by atoms with Gasteiger partial charge in [-0.2, -0.15) is 0 Å². The van der Waals surface area contributed by atoms with Crippen LogP contribution in [-0.2, 0) is 51.2 Å². The third-order valence-electron chi connectivity index (χ3n) is 19.7. The highest BCUT2D eigenvalue weighted by molar-refractivity contribution is 6.74. The van der Waals surface area contributed by atoms with Crippen LogP contribution in [0.5, 0.6) is 0 Å². The highest BCUT2D eigenvalue weighted by Gasteiger charge is 2.68. The maximum absolute atomic E-state index is 10.4. The third kappa shape index (κ3) is 12.6. The van der Waals surface area contributed by atoms with Crippen LogP contribution in [0.25, 0.3) is 0 Å². The monoisotopic (exact) mass is 1060 g/mol. The van der Waals surface area contributed by atoms with Gasteiger partial charge >= 0.3 is 0 Å². The Bertz CT molecular complexity index is 1720. The highest BCUT2D eigenvalue weighted by atomic mass is 28.4. The molecule has 8 aliphatic rings. The highest BCUT2D eigenvalue weighted by Crippen LogP contribution is 2.54. The van der Waals surface area contributed by atoms with Crippen molar-refractivity contribution >= 4 is 25.0 Å². The number of hydrogen-bond acceptors (Lipinski definition) is 12. The van der Waals surface area contributed by atoms with E-state index in [2.05, 4.69) is 89.0 Å². The Morgan fingerprint density at radius 2 is 1.33 bits per heavy atom. The fourth-order valence-corrected chi connectivity index (χ4v) is 22.6. The van der Waals surface area contributed by atoms with E-state index in [1.807, 2.05) is 6.08 Å². The maximum Gasteiger partial charge on any atom is 0.192 e. The lowest BCUT2D eigenvalue weighted by Gasteiger charge is -2.47. The van der Waals surface area contributed by atoms with Gasteiger partial charge < -0.3 is 56.3 Å². The molecule has 1 unspecified atom stereocenters. The molecule has 414 valence electrons. The summed E-state index contributed by atoms with van der Waals surface area (Å²) in [7, 11) is -4.00. The average Bonchev–Trinajstić information content (AvgIpc) is 4.08. The lowest BCUT2D eigenvalue weighted by molar-refractivity contribution is -0.271. The summed E-state index contributed by atoms with van der Waals surface area (Å²) in [6.07, 6.45) is 8.57. The van der Waals surface area contributed by atoms with E-state index >= 15 is 0 Å². The van der Waals surface area contributed by atoms with Gasteiger partial charge in [-0.05, 0) is 116 Å². The van der Waals surface area contributed by atoms with Crippen molar-refractivity contribution in [2.75, 3.05) is 20.3 Å². The Morgan fingerprint density at radius 3 is 1.96 bits per heavy atom. The van der Waals surface area contributed by atoms with Crippen LogP contribution in [0.4, 0.5) is 0 Å². The minimum absolute atomic E-state index is 0.0227. The summed E-state index contributed by atoms with van der Waals surface area (Å²) in [5, 5.41) is 10.4. The molecule has 0 radical (unpaired) electrons. The van der Waals surface area contributed by atoms with Crippen LogP contribution in [0.1, 0.15) is 140 Å². The molecule has 0 amide bonds. The normalized spacial score (nSPS) is 38.3. The second-order valence-corrected chi connectivity index (χ2v) is 37.4. The number of rotatable bonds is 31. The molecule has 1 N–H and O–H groups in total. The average molecular weight is 1060 g/mol. The van der Waals surface area contributed by atoms with Crippen molar-refractivity contribution in [3.05, 3.63) is 37.0 Å². The van der Waals surface area contributed by atoms with Crippen LogP contribution < -0.4 is 0 Å². The van der Waals surface area contributed by atoms with Crippen molar-refractivity contribution in [1.82, 2.24) is 0 Å². The van der Waals surface area contributed by atoms with Crippen LogP contribution in [0, 0.1) is 11.8 Å². The van der Waals surface area contributed by atoms with Crippen LogP contribution in [-0.4, -0.2) is 148 Å². The van der Waals surface area contributed by atoms with Crippen LogP contribution >= 0.6 is 0 Å². The molecule has 0 aromatic rings. The predicted molar refractivity (Wildman–Crippen MR) is 293 cm³/mol. The first-order valence-corrected chi connectivity index (χ1v) is 36.9. The van der Waals surface area contributed by atoms with Crippen molar-refractivity contribution in [2.45, 2.75) is 292 Å². The van der Waals surface area contributed by atoms with Gasteiger partial charge in [0.05, 0.1) is 67.6 Å². The summed E-state index contributed by atoms with van der Waals surface area (Å²) in [4.78, 5) is 0. The number of aliphatic hydroxyl groups is 1. The van der Waals surface area contributed by atoms with Crippen LogP contribution in [0.3, 0.4) is 0 Å². The van der Waals surface area contributed by atoms with Crippen LogP contribution in [0.2, 0.25) is 54.4 Å². The van der Waals surface area contributed by atoms with Crippen molar-refractivity contribution < 1.29 is 56.3 Å². The summed E-state index contributed by atoms with van der Waals surface area (Å²) in [6, 6.07) is 9.73.